The van der Waals surface area contributed by atoms with E-state index in [1.807, 2.05) is 13.1 Å². The Hall–Kier alpha value is -2.49. The molecule has 9 heteroatoms. The monoisotopic (exact) mass is 391 g/mol. The van der Waals surface area contributed by atoms with E-state index in [1.54, 1.807) is 19.2 Å². The first-order valence-electron chi connectivity index (χ1n) is 8.47. The van der Waals surface area contributed by atoms with E-state index in [4.69, 9.17) is 19.3 Å². The number of nitrogens with one attached hydrogen (secondary N) is 1. The summed E-state index contributed by atoms with van der Waals surface area (Å²) < 4.78 is 39.7. The SMILES string of the molecule is COc1c2c(cc3c1[C@H](Nc1ccc(S(N)(=O)=O)cc1)N(C)CC3)OCO2. The Bertz CT molecular complexity index is 975. The molecule has 0 saturated heterocycles. The quantitative estimate of drug-likeness (QED) is 0.817. The zero-order valence-corrected chi connectivity index (χ0v) is 15.9. The minimum atomic E-state index is -3.72. The van der Waals surface area contributed by atoms with E-state index in [9.17, 15) is 8.42 Å². The Labute approximate surface area is 157 Å². The molecule has 2 aliphatic heterocycles. The largest absolute Gasteiger partial charge is 0.492 e. The van der Waals surface area contributed by atoms with Gasteiger partial charge in [-0.2, -0.15) is 0 Å². The van der Waals surface area contributed by atoms with Gasteiger partial charge >= 0.3 is 0 Å². The number of nitrogens with zero attached hydrogens (tertiary/aromatic N) is 1. The van der Waals surface area contributed by atoms with Gasteiger partial charge in [-0.1, -0.05) is 0 Å². The first kappa shape index (κ1) is 17.9. The van der Waals surface area contributed by atoms with Crippen molar-refractivity contribution in [1.29, 1.82) is 0 Å². The van der Waals surface area contributed by atoms with Crippen LogP contribution in [-0.4, -0.2) is 40.8 Å². The van der Waals surface area contributed by atoms with Gasteiger partial charge in [-0.15, -0.1) is 0 Å². The number of rotatable bonds is 4. The Morgan fingerprint density at radius 3 is 2.67 bits per heavy atom. The van der Waals surface area contributed by atoms with E-state index in [0.29, 0.717) is 17.2 Å². The maximum absolute atomic E-state index is 11.4. The Morgan fingerprint density at radius 1 is 1.26 bits per heavy atom. The van der Waals surface area contributed by atoms with Crippen molar-refractivity contribution >= 4 is 15.7 Å². The van der Waals surface area contributed by atoms with Crippen molar-refractivity contribution in [2.75, 3.05) is 32.8 Å². The third-order valence-corrected chi connectivity index (χ3v) is 5.81. The molecular formula is C18H21N3O5S. The number of anilines is 1. The Kier molecular flexibility index (Phi) is 4.37. The molecule has 3 N–H and O–H groups in total. The summed E-state index contributed by atoms with van der Waals surface area (Å²) in [6, 6.07) is 8.37. The van der Waals surface area contributed by atoms with Gasteiger partial charge in [0.1, 0.15) is 6.17 Å². The van der Waals surface area contributed by atoms with Crippen LogP contribution in [-0.2, 0) is 16.4 Å². The number of methoxy groups -OCH3 is 1. The number of ether oxygens (including phenoxy) is 3. The van der Waals surface area contributed by atoms with Gasteiger partial charge in [0.25, 0.3) is 0 Å². The fraction of sp³-hybridized carbons (Fsp3) is 0.333. The number of hydrogen-bond acceptors (Lipinski definition) is 7. The second-order valence-corrected chi connectivity index (χ2v) is 8.12. The lowest BCUT2D eigenvalue weighted by atomic mass is 9.94. The molecule has 0 bridgehead atoms. The van der Waals surface area contributed by atoms with Gasteiger partial charge in [-0.3, -0.25) is 4.90 Å². The molecular weight excluding hydrogens is 370 g/mol. The Morgan fingerprint density at radius 2 is 2.00 bits per heavy atom. The molecule has 144 valence electrons. The van der Waals surface area contributed by atoms with Crippen molar-refractivity contribution in [3.8, 4) is 17.2 Å². The highest BCUT2D eigenvalue weighted by atomic mass is 32.2. The lowest BCUT2D eigenvalue weighted by Gasteiger charge is -2.36. The molecule has 0 spiro atoms. The van der Waals surface area contributed by atoms with Gasteiger partial charge in [-0.25, -0.2) is 13.6 Å². The van der Waals surface area contributed by atoms with E-state index in [0.717, 1.165) is 29.8 Å². The van der Waals surface area contributed by atoms with Gasteiger partial charge in [0.15, 0.2) is 11.5 Å². The molecule has 2 aromatic carbocycles. The minimum absolute atomic E-state index is 0.0754. The van der Waals surface area contributed by atoms with Gasteiger partial charge in [-0.05, 0) is 49.4 Å². The van der Waals surface area contributed by atoms with Crippen LogP contribution in [0.5, 0.6) is 17.2 Å². The Balaban J connectivity index is 1.72. The van der Waals surface area contributed by atoms with E-state index in [-0.39, 0.29) is 17.9 Å². The van der Waals surface area contributed by atoms with Crippen molar-refractivity contribution in [3.63, 3.8) is 0 Å². The van der Waals surface area contributed by atoms with Crippen molar-refractivity contribution in [2.24, 2.45) is 5.14 Å². The molecule has 2 heterocycles. The lowest BCUT2D eigenvalue weighted by Crippen LogP contribution is -2.37. The van der Waals surface area contributed by atoms with Crippen LogP contribution < -0.4 is 24.7 Å². The number of nitrogens with two attached hydrogens (primary N) is 1. The molecule has 2 aromatic rings. The number of benzene rings is 2. The van der Waals surface area contributed by atoms with Crippen LogP contribution in [0, 0.1) is 0 Å². The second-order valence-electron chi connectivity index (χ2n) is 6.56. The first-order valence-corrected chi connectivity index (χ1v) is 10.0. The third-order valence-electron chi connectivity index (χ3n) is 4.88. The maximum atomic E-state index is 11.4. The zero-order chi connectivity index (χ0) is 19.2. The molecule has 4 rings (SSSR count). The summed E-state index contributed by atoms with van der Waals surface area (Å²) in [6.45, 7) is 1.03. The van der Waals surface area contributed by atoms with Gasteiger partial charge in [0.05, 0.1) is 12.0 Å². The summed E-state index contributed by atoms with van der Waals surface area (Å²) in [5, 5.41) is 8.61. The van der Waals surface area contributed by atoms with E-state index in [1.165, 1.54) is 12.1 Å². The van der Waals surface area contributed by atoms with Gasteiger partial charge < -0.3 is 19.5 Å². The van der Waals surface area contributed by atoms with Crippen molar-refractivity contribution in [1.82, 2.24) is 4.90 Å². The number of likely N-dealkylation sites (N-methyl/N-ethyl adjacent to an activating group) is 1. The number of fused-ring (bicyclic) bond motifs is 2. The molecule has 0 amide bonds. The van der Waals surface area contributed by atoms with Crippen LogP contribution in [0.1, 0.15) is 17.3 Å². The smallest absolute Gasteiger partial charge is 0.238 e. The van der Waals surface area contributed by atoms with E-state index < -0.39 is 10.0 Å². The molecule has 0 fully saturated rings. The average Bonchev–Trinajstić information content (AvgIpc) is 3.10. The van der Waals surface area contributed by atoms with Crippen LogP contribution in [0.4, 0.5) is 5.69 Å². The molecule has 0 radical (unpaired) electrons. The predicted molar refractivity (Wildman–Crippen MR) is 99.6 cm³/mol. The molecule has 0 saturated carbocycles. The first-order chi connectivity index (χ1) is 12.9. The van der Waals surface area contributed by atoms with Gasteiger partial charge in [0.2, 0.25) is 22.6 Å². The molecule has 8 nitrogen and oxygen atoms in total. The van der Waals surface area contributed by atoms with Crippen molar-refractivity contribution in [3.05, 3.63) is 41.5 Å². The summed E-state index contributed by atoms with van der Waals surface area (Å²) in [7, 11) is -0.0858. The molecule has 0 aliphatic carbocycles. The average molecular weight is 391 g/mol. The standard InChI is InChI=1S/C18H21N3O5S/c1-21-8-7-11-9-14-16(26-10-25-14)17(24-2)15(11)18(21)20-12-3-5-13(6-4-12)27(19,22)23/h3-6,9,18,20H,7-8,10H2,1-2H3,(H2,19,22,23)/t18-/m1/s1. The highest BCUT2D eigenvalue weighted by Crippen LogP contribution is 2.49. The second kappa shape index (κ2) is 6.59. The zero-order valence-electron chi connectivity index (χ0n) is 15.1. The molecule has 0 aromatic heterocycles. The van der Waals surface area contributed by atoms with Crippen molar-refractivity contribution < 1.29 is 22.6 Å². The van der Waals surface area contributed by atoms with Crippen molar-refractivity contribution in [2.45, 2.75) is 17.5 Å². The van der Waals surface area contributed by atoms with Crippen LogP contribution in [0.15, 0.2) is 35.2 Å². The summed E-state index contributed by atoms with van der Waals surface area (Å²) >= 11 is 0. The van der Waals surface area contributed by atoms with Gasteiger partial charge in [0, 0.05) is 17.8 Å². The third kappa shape index (κ3) is 3.18. The number of sulfonamides is 1. The lowest BCUT2D eigenvalue weighted by molar-refractivity contribution is 0.170. The normalized spacial score (nSPS) is 18.9. The van der Waals surface area contributed by atoms with Crippen LogP contribution in [0.25, 0.3) is 0 Å². The van der Waals surface area contributed by atoms with Crippen LogP contribution >= 0.6 is 0 Å². The topological polar surface area (TPSA) is 103 Å². The molecule has 2 aliphatic rings. The van der Waals surface area contributed by atoms with Crippen LogP contribution in [0.2, 0.25) is 0 Å². The number of hydrogen-bond donors (Lipinski definition) is 2. The predicted octanol–water partition coefficient (Wildman–Crippen LogP) is 1.67. The number of primary sulfonamides is 1. The molecule has 1 atom stereocenters. The fourth-order valence-corrected chi connectivity index (χ4v) is 4.03. The molecule has 27 heavy (non-hydrogen) atoms. The fourth-order valence-electron chi connectivity index (χ4n) is 3.51. The summed E-state index contributed by atoms with van der Waals surface area (Å²) in [5.74, 6) is 1.97. The van der Waals surface area contributed by atoms with Crippen LogP contribution in [0.3, 0.4) is 0 Å². The summed E-state index contributed by atoms with van der Waals surface area (Å²) in [4.78, 5) is 2.24. The highest BCUT2D eigenvalue weighted by Gasteiger charge is 2.34. The van der Waals surface area contributed by atoms with E-state index >= 15 is 0 Å². The minimum Gasteiger partial charge on any atom is -0.492 e. The molecule has 0 unspecified atom stereocenters. The maximum Gasteiger partial charge on any atom is 0.238 e. The summed E-state index contributed by atoms with van der Waals surface area (Å²) in [6.07, 6.45) is 0.694. The highest BCUT2D eigenvalue weighted by molar-refractivity contribution is 7.89. The van der Waals surface area contributed by atoms with E-state index in [2.05, 4.69) is 10.2 Å². The summed E-state index contributed by atoms with van der Waals surface area (Å²) in [5.41, 5.74) is 2.89.